The summed E-state index contributed by atoms with van der Waals surface area (Å²) >= 11 is 3.49. The van der Waals surface area contributed by atoms with E-state index in [0.29, 0.717) is 0 Å². The minimum Gasteiger partial charge on any atom is -0.319 e. The predicted octanol–water partition coefficient (Wildman–Crippen LogP) is 2.10. The van der Waals surface area contributed by atoms with Gasteiger partial charge in [-0.15, -0.1) is 0 Å². The summed E-state index contributed by atoms with van der Waals surface area (Å²) in [6, 6.07) is 6.27. The highest BCUT2D eigenvalue weighted by molar-refractivity contribution is 9.10. The number of halogens is 1. The van der Waals surface area contributed by atoms with Crippen molar-refractivity contribution in [2.75, 3.05) is 13.6 Å². The Hall–Kier alpha value is -0.870. The van der Waals surface area contributed by atoms with Crippen LogP contribution in [0.3, 0.4) is 0 Å². The second-order valence-electron chi connectivity index (χ2n) is 3.59. The number of benzene rings is 1. The number of hydrogen-bond donors (Lipinski definition) is 1. The molecule has 2 rings (SSSR count). The molecule has 0 fully saturated rings. The van der Waals surface area contributed by atoms with Gasteiger partial charge in [0.05, 0.1) is 11.2 Å². The number of rotatable bonds is 3. The van der Waals surface area contributed by atoms with Gasteiger partial charge in [0, 0.05) is 29.9 Å². The van der Waals surface area contributed by atoms with Crippen molar-refractivity contribution in [2.24, 2.45) is 7.05 Å². The van der Waals surface area contributed by atoms with Gasteiger partial charge in [0.15, 0.2) is 0 Å². The van der Waals surface area contributed by atoms with Gasteiger partial charge in [-0.3, -0.25) is 4.68 Å². The maximum atomic E-state index is 4.52. The van der Waals surface area contributed by atoms with Gasteiger partial charge < -0.3 is 5.32 Å². The molecule has 1 N–H and O–H groups in total. The quantitative estimate of drug-likeness (QED) is 0.923. The van der Waals surface area contributed by atoms with Gasteiger partial charge in [0.2, 0.25) is 0 Å². The number of nitrogens with zero attached hydrogens (tertiary/aromatic N) is 2. The van der Waals surface area contributed by atoms with Crippen LogP contribution in [0.1, 0.15) is 5.69 Å². The molecule has 0 saturated heterocycles. The van der Waals surface area contributed by atoms with Gasteiger partial charge in [-0.05, 0) is 25.2 Å². The van der Waals surface area contributed by atoms with Crippen molar-refractivity contribution in [3.63, 3.8) is 0 Å². The number of likely N-dealkylation sites (N-methyl/N-ethyl adjacent to an activating group) is 1. The number of hydrogen-bond acceptors (Lipinski definition) is 2. The Labute approximate surface area is 97.6 Å². The minimum absolute atomic E-state index is 0.957. The highest BCUT2D eigenvalue weighted by Gasteiger charge is 2.07. The summed E-state index contributed by atoms with van der Waals surface area (Å²) in [4.78, 5) is 0. The van der Waals surface area contributed by atoms with E-state index in [4.69, 9.17) is 0 Å². The van der Waals surface area contributed by atoms with Crippen LogP contribution in [0.2, 0.25) is 0 Å². The standard InChI is InChI=1S/C11H14BrN3/c1-13-6-5-10-9-7-8(12)3-4-11(9)15(2)14-10/h3-4,7,13H,5-6H2,1-2H3. The minimum atomic E-state index is 0.957. The molecule has 1 aromatic carbocycles. The van der Waals surface area contributed by atoms with E-state index in [1.165, 1.54) is 10.9 Å². The molecule has 0 unspecified atom stereocenters. The van der Waals surface area contributed by atoms with Crippen LogP contribution in [-0.4, -0.2) is 23.4 Å². The van der Waals surface area contributed by atoms with Gasteiger partial charge in [-0.1, -0.05) is 15.9 Å². The van der Waals surface area contributed by atoms with E-state index in [1.54, 1.807) is 0 Å². The summed E-state index contributed by atoms with van der Waals surface area (Å²) in [7, 11) is 3.94. The molecule has 0 radical (unpaired) electrons. The number of aryl methyl sites for hydroxylation is 1. The van der Waals surface area contributed by atoms with Crippen LogP contribution < -0.4 is 5.32 Å². The highest BCUT2D eigenvalue weighted by Crippen LogP contribution is 2.22. The number of aromatic nitrogens is 2. The fourth-order valence-corrected chi connectivity index (χ4v) is 2.10. The Kier molecular flexibility index (Phi) is 3.07. The van der Waals surface area contributed by atoms with Crippen LogP contribution in [0, 0.1) is 0 Å². The van der Waals surface area contributed by atoms with E-state index in [-0.39, 0.29) is 0 Å². The molecular weight excluding hydrogens is 254 g/mol. The molecule has 2 aromatic rings. The van der Waals surface area contributed by atoms with Crippen molar-refractivity contribution in [2.45, 2.75) is 6.42 Å². The predicted molar refractivity (Wildman–Crippen MR) is 66.0 cm³/mol. The van der Waals surface area contributed by atoms with Crippen molar-refractivity contribution in [1.82, 2.24) is 15.1 Å². The van der Waals surface area contributed by atoms with Crippen LogP contribution >= 0.6 is 15.9 Å². The lowest BCUT2D eigenvalue weighted by molar-refractivity contribution is 0.729. The third-order valence-corrected chi connectivity index (χ3v) is 2.99. The molecule has 0 amide bonds. The lowest BCUT2D eigenvalue weighted by atomic mass is 10.2. The van der Waals surface area contributed by atoms with Gasteiger partial charge in [0.25, 0.3) is 0 Å². The maximum Gasteiger partial charge on any atom is 0.0716 e. The van der Waals surface area contributed by atoms with E-state index in [0.717, 1.165) is 23.1 Å². The van der Waals surface area contributed by atoms with Crippen molar-refractivity contribution in [3.8, 4) is 0 Å². The molecule has 1 aromatic heterocycles. The molecule has 0 atom stereocenters. The Bertz CT molecular complexity index is 476. The van der Waals surface area contributed by atoms with Gasteiger partial charge in [0.1, 0.15) is 0 Å². The Balaban J connectivity index is 2.49. The molecule has 80 valence electrons. The molecule has 0 aliphatic heterocycles. The zero-order valence-corrected chi connectivity index (χ0v) is 10.5. The fourth-order valence-electron chi connectivity index (χ4n) is 1.74. The molecule has 0 bridgehead atoms. The summed E-state index contributed by atoms with van der Waals surface area (Å²) in [5, 5.41) is 8.91. The Morgan fingerprint density at radius 1 is 1.47 bits per heavy atom. The zero-order chi connectivity index (χ0) is 10.8. The summed E-state index contributed by atoms with van der Waals surface area (Å²) in [6.45, 7) is 0.957. The van der Waals surface area contributed by atoms with Gasteiger partial charge in [-0.2, -0.15) is 5.10 Å². The second kappa shape index (κ2) is 4.33. The highest BCUT2D eigenvalue weighted by atomic mass is 79.9. The third-order valence-electron chi connectivity index (χ3n) is 2.50. The van der Waals surface area contributed by atoms with Crippen molar-refractivity contribution >= 4 is 26.8 Å². The monoisotopic (exact) mass is 267 g/mol. The summed E-state index contributed by atoms with van der Waals surface area (Å²) < 4.78 is 3.04. The van der Waals surface area contributed by atoms with Crippen LogP contribution in [0.25, 0.3) is 10.9 Å². The molecule has 0 aliphatic carbocycles. The zero-order valence-electron chi connectivity index (χ0n) is 8.92. The Morgan fingerprint density at radius 3 is 3.00 bits per heavy atom. The van der Waals surface area contributed by atoms with Crippen molar-refractivity contribution < 1.29 is 0 Å². The largest absolute Gasteiger partial charge is 0.319 e. The number of fused-ring (bicyclic) bond motifs is 1. The maximum absolute atomic E-state index is 4.52. The summed E-state index contributed by atoms with van der Waals surface area (Å²) in [6.07, 6.45) is 0.963. The first-order chi connectivity index (χ1) is 7.22. The Morgan fingerprint density at radius 2 is 2.27 bits per heavy atom. The van der Waals surface area contributed by atoms with Crippen LogP contribution in [0.15, 0.2) is 22.7 Å². The normalized spacial score (nSPS) is 11.1. The van der Waals surface area contributed by atoms with Crippen LogP contribution in [0.5, 0.6) is 0 Å². The second-order valence-corrected chi connectivity index (χ2v) is 4.50. The fraction of sp³-hybridized carbons (Fsp3) is 0.364. The van der Waals surface area contributed by atoms with Crippen LogP contribution in [-0.2, 0) is 13.5 Å². The first-order valence-electron chi connectivity index (χ1n) is 4.98. The van der Waals surface area contributed by atoms with E-state index >= 15 is 0 Å². The average molecular weight is 268 g/mol. The molecule has 0 saturated carbocycles. The SMILES string of the molecule is CNCCc1nn(C)c2ccc(Br)cc12. The van der Waals surface area contributed by atoms with E-state index < -0.39 is 0 Å². The van der Waals surface area contributed by atoms with E-state index in [2.05, 4.69) is 38.5 Å². The molecule has 4 heteroatoms. The van der Waals surface area contributed by atoms with E-state index in [9.17, 15) is 0 Å². The van der Waals surface area contributed by atoms with Crippen LogP contribution in [0.4, 0.5) is 0 Å². The third kappa shape index (κ3) is 2.06. The van der Waals surface area contributed by atoms with Crippen molar-refractivity contribution in [1.29, 1.82) is 0 Å². The van der Waals surface area contributed by atoms with E-state index in [1.807, 2.05) is 24.8 Å². The van der Waals surface area contributed by atoms with Gasteiger partial charge >= 0.3 is 0 Å². The molecule has 3 nitrogen and oxygen atoms in total. The molecular formula is C11H14BrN3. The number of nitrogens with one attached hydrogen (secondary N) is 1. The first-order valence-corrected chi connectivity index (χ1v) is 5.77. The topological polar surface area (TPSA) is 29.9 Å². The lowest BCUT2D eigenvalue weighted by Gasteiger charge is -1.96. The summed E-state index contributed by atoms with van der Waals surface area (Å²) in [5.41, 5.74) is 2.34. The molecule has 1 heterocycles. The molecule has 15 heavy (non-hydrogen) atoms. The smallest absolute Gasteiger partial charge is 0.0716 e. The first kappa shape index (κ1) is 10.6. The lowest BCUT2D eigenvalue weighted by Crippen LogP contribution is -2.10. The van der Waals surface area contributed by atoms with Gasteiger partial charge in [-0.25, -0.2) is 0 Å². The summed E-state index contributed by atoms with van der Waals surface area (Å²) in [5.74, 6) is 0. The average Bonchev–Trinajstić information content (AvgIpc) is 2.52. The van der Waals surface area contributed by atoms with Crippen molar-refractivity contribution in [3.05, 3.63) is 28.4 Å². The molecule has 0 aliphatic rings. The molecule has 0 spiro atoms.